The van der Waals surface area contributed by atoms with Crippen LogP contribution >= 0.6 is 27.5 Å². The number of para-hydroxylation sites is 1. The minimum Gasteiger partial charge on any atom is -0.495 e. The molecule has 2 aromatic rings. The van der Waals surface area contributed by atoms with Crippen molar-refractivity contribution >= 4 is 27.5 Å². The Balaban J connectivity index is 2.73. The zero-order chi connectivity index (χ0) is 12.4. The Bertz CT molecular complexity index is 537. The van der Waals surface area contributed by atoms with Crippen LogP contribution in [-0.2, 0) is 0 Å². The molecule has 0 aliphatic carbocycles. The van der Waals surface area contributed by atoms with Gasteiger partial charge in [0.2, 0.25) is 0 Å². The summed E-state index contributed by atoms with van der Waals surface area (Å²) < 4.78 is 19.7. The first kappa shape index (κ1) is 12.4. The highest BCUT2D eigenvalue weighted by Gasteiger charge is 2.15. The maximum atomic E-state index is 13.9. The quantitative estimate of drug-likeness (QED) is 0.764. The number of methoxy groups -OCH3 is 1. The summed E-state index contributed by atoms with van der Waals surface area (Å²) in [7, 11) is 1.51. The first-order valence-electron chi connectivity index (χ1n) is 4.92. The normalized spacial score (nSPS) is 10.4. The van der Waals surface area contributed by atoms with Gasteiger partial charge < -0.3 is 4.74 Å². The van der Waals surface area contributed by atoms with E-state index < -0.39 is 0 Å². The molecule has 0 amide bonds. The summed E-state index contributed by atoms with van der Waals surface area (Å²) in [4.78, 5) is 0. The topological polar surface area (TPSA) is 9.23 Å². The van der Waals surface area contributed by atoms with Gasteiger partial charge in [-0.15, -0.1) is 0 Å². The summed E-state index contributed by atoms with van der Waals surface area (Å²) in [6, 6.07) is 10.1. The molecule has 0 saturated heterocycles. The molecule has 0 spiro atoms. The highest BCUT2D eigenvalue weighted by molar-refractivity contribution is 9.10. The van der Waals surface area contributed by atoms with E-state index in [2.05, 4.69) is 15.9 Å². The van der Waals surface area contributed by atoms with E-state index in [4.69, 9.17) is 16.3 Å². The summed E-state index contributed by atoms with van der Waals surface area (Å²) in [5.41, 5.74) is 1.08. The molecule has 0 radical (unpaired) electrons. The first-order valence-corrected chi connectivity index (χ1v) is 6.09. The van der Waals surface area contributed by atoms with Gasteiger partial charge in [-0.1, -0.05) is 45.7 Å². The molecular weight excluding hydrogens is 306 g/mol. The van der Waals surface area contributed by atoms with E-state index in [1.165, 1.54) is 13.2 Å². The average Bonchev–Trinajstić information content (AvgIpc) is 2.29. The average molecular weight is 316 g/mol. The number of hydrogen-bond donors (Lipinski definition) is 0. The van der Waals surface area contributed by atoms with E-state index in [0.717, 1.165) is 0 Å². The second-order valence-electron chi connectivity index (χ2n) is 3.42. The third kappa shape index (κ3) is 2.31. The Morgan fingerprint density at radius 2 is 1.88 bits per heavy atom. The Hall–Kier alpha value is -1.06. The van der Waals surface area contributed by atoms with Gasteiger partial charge in [0, 0.05) is 15.6 Å². The van der Waals surface area contributed by atoms with Crippen LogP contribution in [0.25, 0.3) is 11.1 Å². The number of rotatable bonds is 2. The molecule has 0 saturated carbocycles. The number of halogens is 3. The van der Waals surface area contributed by atoms with Crippen molar-refractivity contribution in [3.05, 3.63) is 51.7 Å². The molecule has 2 aromatic carbocycles. The van der Waals surface area contributed by atoms with E-state index in [1.807, 2.05) is 0 Å². The SMILES string of the molecule is COc1c(Cl)cccc1-c1c(F)cccc1Br. The Kier molecular flexibility index (Phi) is 3.69. The Morgan fingerprint density at radius 3 is 2.53 bits per heavy atom. The van der Waals surface area contributed by atoms with Gasteiger partial charge in [0.15, 0.2) is 0 Å². The number of ether oxygens (including phenoxy) is 1. The lowest BCUT2D eigenvalue weighted by Gasteiger charge is -2.12. The molecule has 0 heterocycles. The molecular formula is C13H9BrClFO. The number of benzene rings is 2. The molecule has 17 heavy (non-hydrogen) atoms. The first-order chi connectivity index (χ1) is 8.15. The van der Waals surface area contributed by atoms with Crippen LogP contribution < -0.4 is 4.74 Å². The van der Waals surface area contributed by atoms with Crippen molar-refractivity contribution in [2.45, 2.75) is 0 Å². The summed E-state index contributed by atoms with van der Waals surface area (Å²) in [5, 5.41) is 0.458. The third-order valence-corrected chi connectivity index (χ3v) is 3.36. The zero-order valence-corrected chi connectivity index (χ0v) is 11.3. The van der Waals surface area contributed by atoms with Crippen LogP contribution in [0, 0.1) is 5.82 Å². The summed E-state index contributed by atoms with van der Waals surface area (Å²) >= 11 is 9.35. The van der Waals surface area contributed by atoms with Crippen molar-refractivity contribution in [2.75, 3.05) is 7.11 Å². The van der Waals surface area contributed by atoms with Crippen molar-refractivity contribution < 1.29 is 9.13 Å². The fraction of sp³-hybridized carbons (Fsp3) is 0.0769. The van der Waals surface area contributed by atoms with Crippen LogP contribution in [0.2, 0.25) is 5.02 Å². The molecule has 0 aromatic heterocycles. The standard InChI is InChI=1S/C13H9BrClFO/c1-17-13-8(4-2-6-10(13)15)12-9(14)5-3-7-11(12)16/h2-7H,1H3. The predicted octanol–water partition coefficient (Wildman–Crippen LogP) is 4.92. The van der Waals surface area contributed by atoms with Gasteiger partial charge in [0.25, 0.3) is 0 Å². The molecule has 0 aliphatic rings. The molecule has 0 bridgehead atoms. The van der Waals surface area contributed by atoms with Crippen molar-refractivity contribution in [1.82, 2.24) is 0 Å². The molecule has 0 unspecified atom stereocenters. The predicted molar refractivity (Wildman–Crippen MR) is 71.1 cm³/mol. The second-order valence-corrected chi connectivity index (χ2v) is 4.68. The van der Waals surface area contributed by atoms with E-state index in [-0.39, 0.29) is 5.82 Å². The lowest BCUT2D eigenvalue weighted by atomic mass is 10.0. The van der Waals surface area contributed by atoms with Gasteiger partial charge in [-0.05, 0) is 18.2 Å². The second kappa shape index (κ2) is 5.07. The third-order valence-electron chi connectivity index (χ3n) is 2.40. The van der Waals surface area contributed by atoms with Gasteiger partial charge in [-0.2, -0.15) is 0 Å². The maximum absolute atomic E-state index is 13.9. The maximum Gasteiger partial charge on any atom is 0.145 e. The Labute approximate surface area is 112 Å². The Morgan fingerprint density at radius 1 is 1.18 bits per heavy atom. The van der Waals surface area contributed by atoms with Gasteiger partial charge in [-0.3, -0.25) is 0 Å². The van der Waals surface area contributed by atoms with Crippen LogP contribution in [0.5, 0.6) is 5.75 Å². The van der Waals surface area contributed by atoms with Gasteiger partial charge >= 0.3 is 0 Å². The monoisotopic (exact) mass is 314 g/mol. The van der Waals surface area contributed by atoms with E-state index >= 15 is 0 Å². The fourth-order valence-corrected chi connectivity index (χ4v) is 2.48. The van der Waals surface area contributed by atoms with Crippen LogP contribution in [0.4, 0.5) is 4.39 Å². The summed E-state index contributed by atoms with van der Waals surface area (Å²) in [6.45, 7) is 0. The molecule has 4 heteroatoms. The highest BCUT2D eigenvalue weighted by Crippen LogP contribution is 2.40. The molecule has 0 aliphatic heterocycles. The lowest BCUT2D eigenvalue weighted by molar-refractivity contribution is 0.416. The zero-order valence-electron chi connectivity index (χ0n) is 9.01. The summed E-state index contributed by atoms with van der Waals surface area (Å²) in [5.74, 6) is 0.153. The largest absolute Gasteiger partial charge is 0.495 e. The van der Waals surface area contributed by atoms with Crippen molar-refractivity contribution in [2.24, 2.45) is 0 Å². The van der Waals surface area contributed by atoms with Gasteiger partial charge in [0.1, 0.15) is 11.6 Å². The van der Waals surface area contributed by atoms with Crippen LogP contribution in [0.3, 0.4) is 0 Å². The van der Waals surface area contributed by atoms with Gasteiger partial charge in [0.05, 0.1) is 12.1 Å². The molecule has 88 valence electrons. The minimum atomic E-state index is -0.319. The van der Waals surface area contributed by atoms with Crippen molar-refractivity contribution in [1.29, 1.82) is 0 Å². The van der Waals surface area contributed by atoms with E-state index in [0.29, 0.717) is 26.4 Å². The smallest absolute Gasteiger partial charge is 0.145 e. The van der Waals surface area contributed by atoms with E-state index in [1.54, 1.807) is 30.3 Å². The van der Waals surface area contributed by atoms with Gasteiger partial charge in [-0.25, -0.2) is 4.39 Å². The molecule has 0 fully saturated rings. The molecule has 0 atom stereocenters. The van der Waals surface area contributed by atoms with Crippen LogP contribution in [-0.4, -0.2) is 7.11 Å². The molecule has 0 N–H and O–H groups in total. The fourth-order valence-electron chi connectivity index (χ4n) is 1.67. The lowest BCUT2D eigenvalue weighted by Crippen LogP contribution is -1.92. The number of hydrogen-bond acceptors (Lipinski definition) is 1. The van der Waals surface area contributed by atoms with Crippen molar-refractivity contribution in [3.8, 4) is 16.9 Å². The van der Waals surface area contributed by atoms with Crippen LogP contribution in [0.1, 0.15) is 0 Å². The molecule has 1 nitrogen and oxygen atoms in total. The highest BCUT2D eigenvalue weighted by atomic mass is 79.9. The summed E-state index contributed by atoms with van der Waals surface area (Å²) in [6.07, 6.45) is 0. The minimum absolute atomic E-state index is 0.319. The van der Waals surface area contributed by atoms with Crippen molar-refractivity contribution in [3.63, 3.8) is 0 Å². The van der Waals surface area contributed by atoms with E-state index in [9.17, 15) is 4.39 Å². The molecule has 2 rings (SSSR count). The van der Waals surface area contributed by atoms with Crippen LogP contribution in [0.15, 0.2) is 40.9 Å².